The summed E-state index contributed by atoms with van der Waals surface area (Å²) in [6, 6.07) is 8.19. The lowest BCUT2D eigenvalue weighted by Gasteiger charge is -2.35. The van der Waals surface area contributed by atoms with Crippen LogP contribution < -0.4 is 10.6 Å². The number of carbonyl (C=O) groups excluding carboxylic acids is 1. The van der Waals surface area contributed by atoms with Gasteiger partial charge in [0.1, 0.15) is 0 Å². The van der Waals surface area contributed by atoms with E-state index in [-0.39, 0.29) is 5.91 Å². The summed E-state index contributed by atoms with van der Waals surface area (Å²) in [7, 11) is 1.84. The maximum atomic E-state index is 12.7. The Labute approximate surface area is 122 Å². The van der Waals surface area contributed by atoms with Crippen molar-refractivity contribution in [2.45, 2.75) is 57.4 Å². The van der Waals surface area contributed by atoms with E-state index in [2.05, 4.69) is 26.0 Å². The second-order valence-corrected chi connectivity index (χ2v) is 6.33. The maximum Gasteiger partial charge on any atom is 0.246 e. The zero-order valence-electron chi connectivity index (χ0n) is 12.9. The lowest BCUT2D eigenvalue weighted by atomic mass is 9.81. The van der Waals surface area contributed by atoms with Crippen LogP contribution in [0.4, 0.5) is 5.69 Å². The fraction of sp³-hybridized carbons (Fsp3) is 0.588. The molecule has 0 bridgehead atoms. The van der Waals surface area contributed by atoms with E-state index < -0.39 is 5.54 Å². The Hall–Kier alpha value is -1.35. The van der Waals surface area contributed by atoms with Crippen molar-refractivity contribution in [3.05, 3.63) is 29.8 Å². The maximum absolute atomic E-state index is 12.7. The summed E-state index contributed by atoms with van der Waals surface area (Å²) in [6.45, 7) is 4.32. The zero-order valence-corrected chi connectivity index (χ0v) is 12.9. The Morgan fingerprint density at radius 2 is 1.90 bits per heavy atom. The average molecular weight is 274 g/mol. The van der Waals surface area contributed by atoms with E-state index in [1.54, 1.807) is 4.90 Å². The van der Waals surface area contributed by atoms with Gasteiger partial charge in [-0.15, -0.1) is 0 Å². The third kappa shape index (κ3) is 3.04. The zero-order chi connectivity index (χ0) is 14.8. The molecule has 2 rings (SSSR count). The monoisotopic (exact) mass is 274 g/mol. The number of benzene rings is 1. The van der Waals surface area contributed by atoms with Gasteiger partial charge in [-0.1, -0.05) is 45.2 Å². The van der Waals surface area contributed by atoms with E-state index in [9.17, 15) is 4.79 Å². The molecule has 0 aliphatic heterocycles. The van der Waals surface area contributed by atoms with E-state index in [1.807, 2.05) is 19.2 Å². The summed E-state index contributed by atoms with van der Waals surface area (Å²) in [6.07, 6.45) is 4.92. The lowest BCUT2D eigenvalue weighted by molar-refractivity contribution is -0.124. The van der Waals surface area contributed by atoms with Crippen LogP contribution in [0.1, 0.15) is 57.4 Å². The fourth-order valence-electron chi connectivity index (χ4n) is 2.94. The van der Waals surface area contributed by atoms with Crippen LogP contribution in [-0.4, -0.2) is 18.5 Å². The van der Waals surface area contributed by atoms with Gasteiger partial charge in [0, 0.05) is 12.7 Å². The van der Waals surface area contributed by atoms with Crippen LogP contribution in [0.25, 0.3) is 0 Å². The normalized spacial score (nSPS) is 18.1. The van der Waals surface area contributed by atoms with E-state index in [0.717, 1.165) is 31.4 Å². The second kappa shape index (κ2) is 5.96. The Kier molecular flexibility index (Phi) is 4.48. The van der Waals surface area contributed by atoms with Gasteiger partial charge in [0.2, 0.25) is 5.91 Å². The molecule has 0 unspecified atom stereocenters. The number of rotatable bonds is 3. The molecule has 1 aliphatic carbocycles. The third-order valence-corrected chi connectivity index (χ3v) is 4.40. The van der Waals surface area contributed by atoms with Crippen molar-refractivity contribution in [1.82, 2.24) is 0 Å². The molecule has 0 saturated heterocycles. The number of carbonyl (C=O) groups is 1. The minimum atomic E-state index is -0.666. The van der Waals surface area contributed by atoms with E-state index in [4.69, 9.17) is 5.73 Å². The van der Waals surface area contributed by atoms with Crippen LogP contribution in [0.15, 0.2) is 24.3 Å². The van der Waals surface area contributed by atoms with E-state index >= 15 is 0 Å². The van der Waals surface area contributed by atoms with Crippen molar-refractivity contribution in [1.29, 1.82) is 0 Å². The van der Waals surface area contributed by atoms with Crippen LogP contribution in [0.2, 0.25) is 0 Å². The number of amides is 1. The largest absolute Gasteiger partial charge is 0.317 e. The van der Waals surface area contributed by atoms with Gasteiger partial charge in [-0.2, -0.15) is 0 Å². The highest BCUT2D eigenvalue weighted by Gasteiger charge is 2.37. The molecule has 1 fully saturated rings. The average Bonchev–Trinajstić information content (AvgIpc) is 2.46. The van der Waals surface area contributed by atoms with Crippen molar-refractivity contribution in [3.8, 4) is 0 Å². The van der Waals surface area contributed by atoms with Gasteiger partial charge in [0.25, 0.3) is 0 Å². The van der Waals surface area contributed by atoms with Gasteiger partial charge in [0.15, 0.2) is 0 Å². The van der Waals surface area contributed by atoms with Crippen LogP contribution in [0.5, 0.6) is 0 Å². The first kappa shape index (κ1) is 15.0. The number of hydrogen-bond acceptors (Lipinski definition) is 2. The van der Waals surface area contributed by atoms with Crippen molar-refractivity contribution < 1.29 is 4.79 Å². The first-order chi connectivity index (χ1) is 9.44. The van der Waals surface area contributed by atoms with Crippen molar-refractivity contribution >= 4 is 11.6 Å². The first-order valence-corrected chi connectivity index (χ1v) is 7.61. The molecule has 0 atom stereocenters. The molecule has 3 heteroatoms. The van der Waals surface area contributed by atoms with Gasteiger partial charge < -0.3 is 10.6 Å². The molecule has 1 aromatic rings. The Bertz CT molecular complexity index is 476. The quantitative estimate of drug-likeness (QED) is 0.917. The van der Waals surface area contributed by atoms with Crippen LogP contribution in [0, 0.1) is 0 Å². The molecule has 0 aromatic heterocycles. The number of hydrogen-bond donors (Lipinski definition) is 1. The summed E-state index contributed by atoms with van der Waals surface area (Å²) in [4.78, 5) is 14.4. The first-order valence-electron chi connectivity index (χ1n) is 7.61. The Balaban J connectivity index is 2.19. The van der Waals surface area contributed by atoms with Gasteiger partial charge in [-0.3, -0.25) is 4.79 Å². The Morgan fingerprint density at radius 3 is 2.50 bits per heavy atom. The number of likely N-dealkylation sites (N-methyl/N-ethyl adjacent to an activating group) is 1. The SMILES string of the molecule is CC(C)c1cccc(N(C)C(=O)C2(N)CCCCC2)c1. The van der Waals surface area contributed by atoms with Crippen molar-refractivity contribution in [2.24, 2.45) is 5.73 Å². The summed E-state index contributed by atoms with van der Waals surface area (Å²) >= 11 is 0. The topological polar surface area (TPSA) is 46.3 Å². The molecule has 0 spiro atoms. The molecule has 1 aromatic carbocycles. The van der Waals surface area contributed by atoms with Crippen LogP contribution >= 0.6 is 0 Å². The number of nitrogens with zero attached hydrogens (tertiary/aromatic N) is 1. The second-order valence-electron chi connectivity index (χ2n) is 6.33. The molecule has 2 N–H and O–H groups in total. The number of anilines is 1. The smallest absolute Gasteiger partial charge is 0.246 e. The fourth-order valence-corrected chi connectivity index (χ4v) is 2.94. The van der Waals surface area contributed by atoms with Crippen molar-refractivity contribution in [3.63, 3.8) is 0 Å². The summed E-state index contributed by atoms with van der Waals surface area (Å²) < 4.78 is 0. The predicted molar refractivity (Wildman–Crippen MR) is 83.9 cm³/mol. The molecule has 0 heterocycles. The van der Waals surface area contributed by atoms with Gasteiger partial charge in [0.05, 0.1) is 5.54 Å². The molecule has 20 heavy (non-hydrogen) atoms. The molecule has 110 valence electrons. The summed E-state index contributed by atoms with van der Waals surface area (Å²) in [5.41, 5.74) is 7.87. The predicted octanol–water partition coefficient (Wildman–Crippen LogP) is 3.43. The summed E-state index contributed by atoms with van der Waals surface area (Å²) in [5, 5.41) is 0. The molecule has 0 radical (unpaired) electrons. The van der Waals surface area contributed by atoms with Gasteiger partial charge in [-0.25, -0.2) is 0 Å². The highest BCUT2D eigenvalue weighted by Crippen LogP contribution is 2.29. The standard InChI is InChI=1S/C17H26N2O/c1-13(2)14-8-7-9-15(12-14)19(3)16(20)17(18)10-5-4-6-11-17/h7-9,12-13H,4-6,10-11,18H2,1-3H3. The number of nitrogens with two attached hydrogens (primary N) is 1. The molecule has 3 nitrogen and oxygen atoms in total. The van der Waals surface area contributed by atoms with Crippen LogP contribution in [0.3, 0.4) is 0 Å². The highest BCUT2D eigenvalue weighted by atomic mass is 16.2. The van der Waals surface area contributed by atoms with E-state index in [1.165, 1.54) is 12.0 Å². The minimum Gasteiger partial charge on any atom is -0.317 e. The molecule has 1 amide bonds. The Morgan fingerprint density at radius 1 is 1.25 bits per heavy atom. The van der Waals surface area contributed by atoms with Gasteiger partial charge >= 0.3 is 0 Å². The summed E-state index contributed by atoms with van der Waals surface area (Å²) in [5.74, 6) is 0.512. The third-order valence-electron chi connectivity index (χ3n) is 4.40. The molecule has 1 aliphatic rings. The molecular formula is C17H26N2O. The highest BCUT2D eigenvalue weighted by molar-refractivity contribution is 5.99. The van der Waals surface area contributed by atoms with Gasteiger partial charge in [-0.05, 0) is 36.5 Å². The van der Waals surface area contributed by atoms with E-state index in [0.29, 0.717) is 5.92 Å². The van der Waals surface area contributed by atoms with Crippen LogP contribution in [-0.2, 0) is 4.79 Å². The minimum absolute atomic E-state index is 0.0538. The molecular weight excluding hydrogens is 248 g/mol. The lowest BCUT2D eigenvalue weighted by Crippen LogP contribution is -2.55. The molecule has 1 saturated carbocycles. The van der Waals surface area contributed by atoms with Crippen molar-refractivity contribution in [2.75, 3.05) is 11.9 Å².